The lowest BCUT2D eigenvalue weighted by atomic mass is 9.88. The third kappa shape index (κ3) is 3.44. The number of amides is 2. The summed E-state index contributed by atoms with van der Waals surface area (Å²) in [6.45, 7) is 6.98. The van der Waals surface area contributed by atoms with Gasteiger partial charge in [-0.15, -0.1) is 0 Å². The molecule has 0 radical (unpaired) electrons. The van der Waals surface area contributed by atoms with E-state index in [1.54, 1.807) is 11.0 Å². The number of nitrogens with zero attached hydrogens (tertiary/aromatic N) is 2. The van der Waals surface area contributed by atoms with Crippen LogP contribution in [0.5, 0.6) is 0 Å². The smallest absolute Gasteiger partial charge is 0.410 e. The van der Waals surface area contributed by atoms with Crippen LogP contribution in [-0.4, -0.2) is 35.6 Å². The van der Waals surface area contributed by atoms with E-state index in [1.807, 2.05) is 32.9 Å². The molecule has 1 aromatic carbocycles. The number of ether oxygens (including phenoxy) is 1. The summed E-state index contributed by atoms with van der Waals surface area (Å²) in [5.41, 5.74) is 0.700. The Labute approximate surface area is 135 Å². The highest BCUT2D eigenvalue weighted by molar-refractivity contribution is 6.06. The van der Waals surface area contributed by atoms with Crippen LogP contribution in [0.15, 0.2) is 23.2 Å². The fourth-order valence-corrected chi connectivity index (χ4v) is 3.16. The summed E-state index contributed by atoms with van der Waals surface area (Å²) in [5, 5.41) is 1.72. The molecule has 122 valence electrons. The van der Waals surface area contributed by atoms with Crippen LogP contribution in [0.2, 0.25) is 0 Å². The average molecular weight is 314 g/mol. The normalized spacial score (nSPS) is 18.2. The van der Waals surface area contributed by atoms with Gasteiger partial charge in [-0.1, -0.05) is 12.1 Å². The maximum atomic E-state index is 12.1. The lowest BCUT2D eigenvalue weighted by Gasteiger charge is -2.33. The highest BCUT2D eigenvalue weighted by Crippen LogP contribution is 2.26. The number of hydrogen-bond donors (Lipinski definition) is 0. The second-order valence-corrected chi connectivity index (χ2v) is 7.12. The van der Waals surface area contributed by atoms with Gasteiger partial charge in [-0.3, -0.25) is 4.79 Å². The lowest BCUT2D eigenvalue weighted by molar-refractivity contribution is -0.112. The fraction of sp³-hybridized carbons (Fsp3) is 0.500. The molecule has 5 heteroatoms. The minimum absolute atomic E-state index is 0.182. The van der Waals surface area contributed by atoms with Gasteiger partial charge in [-0.05, 0) is 51.2 Å². The number of carbonyl (C=O) groups is 2. The van der Waals surface area contributed by atoms with Gasteiger partial charge in [0.15, 0.2) is 0 Å². The summed E-state index contributed by atoms with van der Waals surface area (Å²) >= 11 is 0. The quantitative estimate of drug-likeness (QED) is 0.793. The molecule has 0 unspecified atom stereocenters. The molecule has 3 rings (SSSR count). The van der Waals surface area contributed by atoms with E-state index in [0.717, 1.165) is 23.4 Å². The molecule has 0 spiro atoms. The average Bonchev–Trinajstić information content (AvgIpc) is 2.85. The molecule has 0 N–H and O–H groups in total. The van der Waals surface area contributed by atoms with Gasteiger partial charge in [0.1, 0.15) is 5.60 Å². The summed E-state index contributed by atoms with van der Waals surface area (Å²) < 4.78 is 5.43. The van der Waals surface area contributed by atoms with Crippen molar-refractivity contribution in [1.82, 2.24) is 4.90 Å². The third-order valence-electron chi connectivity index (χ3n) is 4.20. The molecule has 0 aromatic heterocycles. The van der Waals surface area contributed by atoms with Crippen molar-refractivity contribution in [2.75, 3.05) is 13.1 Å². The number of benzene rings is 1. The van der Waals surface area contributed by atoms with E-state index in [9.17, 15) is 9.59 Å². The Balaban J connectivity index is 1.71. The molecule has 2 amide bonds. The van der Waals surface area contributed by atoms with E-state index in [1.165, 1.54) is 5.56 Å². The van der Waals surface area contributed by atoms with Crippen LogP contribution in [-0.2, 0) is 9.53 Å². The van der Waals surface area contributed by atoms with Crippen molar-refractivity contribution < 1.29 is 14.3 Å². The second-order valence-electron chi connectivity index (χ2n) is 7.12. The van der Waals surface area contributed by atoms with Gasteiger partial charge >= 0.3 is 6.09 Å². The molecular weight excluding hydrogens is 292 g/mol. The first-order chi connectivity index (χ1) is 10.8. The SMILES string of the molecule is CC(C)(C)OC(=O)N1CCC(c2cccc3c2=CC(=O)N=3)CC1. The van der Waals surface area contributed by atoms with Crippen LogP contribution in [0, 0.1) is 0 Å². The molecule has 23 heavy (non-hydrogen) atoms. The van der Waals surface area contributed by atoms with Gasteiger partial charge in [-0.25, -0.2) is 9.79 Å². The van der Waals surface area contributed by atoms with Crippen molar-refractivity contribution in [3.8, 4) is 0 Å². The first kappa shape index (κ1) is 15.7. The maximum Gasteiger partial charge on any atom is 0.410 e. The molecule has 5 nitrogen and oxygen atoms in total. The topological polar surface area (TPSA) is 59.0 Å². The van der Waals surface area contributed by atoms with Crippen molar-refractivity contribution in [1.29, 1.82) is 0 Å². The number of piperidine rings is 1. The zero-order valence-electron chi connectivity index (χ0n) is 13.8. The Morgan fingerprint density at radius 3 is 2.61 bits per heavy atom. The summed E-state index contributed by atoms with van der Waals surface area (Å²) in [6.07, 6.45) is 3.12. The van der Waals surface area contributed by atoms with Crippen molar-refractivity contribution in [3.05, 3.63) is 34.3 Å². The monoisotopic (exact) mass is 314 g/mol. The van der Waals surface area contributed by atoms with E-state index in [4.69, 9.17) is 4.74 Å². The number of fused-ring (bicyclic) bond motifs is 1. The zero-order valence-corrected chi connectivity index (χ0v) is 13.8. The molecule has 0 atom stereocenters. The van der Waals surface area contributed by atoms with Crippen molar-refractivity contribution in [3.63, 3.8) is 0 Å². The summed E-state index contributed by atoms with van der Waals surface area (Å²) in [5.74, 6) is 0.166. The van der Waals surface area contributed by atoms with Gasteiger partial charge in [0, 0.05) is 24.4 Å². The molecule has 1 saturated heterocycles. The first-order valence-electron chi connectivity index (χ1n) is 8.05. The van der Waals surface area contributed by atoms with Crippen LogP contribution in [0.25, 0.3) is 6.08 Å². The van der Waals surface area contributed by atoms with Crippen LogP contribution >= 0.6 is 0 Å². The van der Waals surface area contributed by atoms with Gasteiger partial charge in [0.2, 0.25) is 0 Å². The molecule has 0 bridgehead atoms. The number of hydrogen-bond acceptors (Lipinski definition) is 3. The van der Waals surface area contributed by atoms with Gasteiger partial charge in [0.25, 0.3) is 5.91 Å². The predicted octanol–water partition coefficient (Wildman–Crippen LogP) is 1.74. The van der Waals surface area contributed by atoms with Crippen molar-refractivity contribution in [2.45, 2.75) is 45.1 Å². The van der Waals surface area contributed by atoms with Gasteiger partial charge in [0.05, 0.1) is 5.36 Å². The minimum Gasteiger partial charge on any atom is -0.444 e. The summed E-state index contributed by atoms with van der Waals surface area (Å²) in [4.78, 5) is 29.4. The van der Waals surface area contributed by atoms with E-state index < -0.39 is 5.60 Å². The van der Waals surface area contributed by atoms with E-state index in [2.05, 4.69) is 11.1 Å². The lowest BCUT2D eigenvalue weighted by Crippen LogP contribution is -2.42. The molecule has 1 aromatic rings. The molecule has 1 fully saturated rings. The highest BCUT2D eigenvalue weighted by atomic mass is 16.6. The Bertz CT molecular complexity index is 753. The third-order valence-corrected chi connectivity index (χ3v) is 4.20. The molecule has 2 aliphatic heterocycles. The highest BCUT2D eigenvalue weighted by Gasteiger charge is 2.28. The predicted molar refractivity (Wildman–Crippen MR) is 86.5 cm³/mol. The second kappa shape index (κ2) is 5.80. The summed E-state index contributed by atoms with van der Waals surface area (Å²) in [6, 6.07) is 5.89. The Hall–Kier alpha value is -2.17. The van der Waals surface area contributed by atoms with Crippen molar-refractivity contribution >= 4 is 18.1 Å². The Kier molecular flexibility index (Phi) is 3.96. The number of likely N-dealkylation sites (tertiary alicyclic amines) is 1. The van der Waals surface area contributed by atoms with Gasteiger partial charge in [-0.2, -0.15) is 0 Å². The number of carbonyl (C=O) groups excluding carboxylic acids is 2. The zero-order chi connectivity index (χ0) is 16.6. The molecule has 0 aliphatic carbocycles. The Morgan fingerprint density at radius 2 is 1.96 bits per heavy atom. The molecule has 2 aliphatic rings. The molecular formula is C18H22N2O3. The molecule has 2 heterocycles. The van der Waals surface area contributed by atoms with Crippen LogP contribution in [0.3, 0.4) is 0 Å². The fourth-order valence-electron chi connectivity index (χ4n) is 3.16. The number of rotatable bonds is 1. The van der Waals surface area contributed by atoms with E-state index in [0.29, 0.717) is 19.0 Å². The van der Waals surface area contributed by atoms with E-state index >= 15 is 0 Å². The van der Waals surface area contributed by atoms with Crippen LogP contribution < -0.4 is 10.6 Å². The van der Waals surface area contributed by atoms with Crippen LogP contribution in [0.1, 0.15) is 45.1 Å². The van der Waals surface area contributed by atoms with Gasteiger partial charge < -0.3 is 9.64 Å². The largest absolute Gasteiger partial charge is 0.444 e. The first-order valence-corrected chi connectivity index (χ1v) is 8.05. The van der Waals surface area contributed by atoms with Crippen molar-refractivity contribution in [2.24, 2.45) is 4.99 Å². The molecule has 0 saturated carbocycles. The maximum absolute atomic E-state index is 12.1. The van der Waals surface area contributed by atoms with E-state index in [-0.39, 0.29) is 12.0 Å². The Morgan fingerprint density at radius 1 is 1.26 bits per heavy atom. The van der Waals surface area contributed by atoms with Crippen LogP contribution in [0.4, 0.5) is 4.79 Å². The minimum atomic E-state index is -0.467. The summed E-state index contributed by atoms with van der Waals surface area (Å²) in [7, 11) is 0. The standard InChI is InChI=1S/C18H22N2O3/c1-18(2,3)23-17(22)20-9-7-12(8-10-20)13-5-4-6-15-14(13)11-16(21)19-15/h4-6,11-12H,7-10H2,1-3H3.